The molecular formula is C8H7Cl3. The molecule has 0 heterocycles. The van der Waals surface area contributed by atoms with Crippen LogP contribution in [0.3, 0.4) is 0 Å². The van der Waals surface area contributed by atoms with E-state index in [1.807, 2.05) is 13.0 Å². The van der Waals surface area contributed by atoms with E-state index >= 15 is 0 Å². The zero-order chi connectivity index (χ0) is 8.43. The fraction of sp³-hybridized carbons (Fsp3) is 0.250. The fourth-order valence-corrected chi connectivity index (χ4v) is 1.64. The molecule has 0 unspecified atom stereocenters. The molecule has 0 aliphatic carbocycles. The van der Waals surface area contributed by atoms with Crippen molar-refractivity contribution in [3.05, 3.63) is 33.8 Å². The minimum atomic E-state index is -0.0697. The predicted octanol–water partition coefficient (Wildman–Crippen LogP) is 4.29. The maximum Gasteiger partial charge on any atom is 0.0571 e. The summed E-state index contributed by atoms with van der Waals surface area (Å²) in [5.74, 6) is 0. The normalized spacial score (nSPS) is 13.1. The van der Waals surface area contributed by atoms with Gasteiger partial charge < -0.3 is 0 Å². The Hall–Kier alpha value is 0.0900. The Labute approximate surface area is 81.1 Å². The monoisotopic (exact) mass is 208 g/mol. The van der Waals surface area contributed by atoms with Crippen LogP contribution in [0.2, 0.25) is 10.0 Å². The van der Waals surface area contributed by atoms with Crippen molar-refractivity contribution < 1.29 is 0 Å². The molecule has 1 aromatic carbocycles. The molecule has 1 atom stereocenters. The summed E-state index contributed by atoms with van der Waals surface area (Å²) in [5.41, 5.74) is 0.915. The lowest BCUT2D eigenvalue weighted by molar-refractivity contribution is 1.08. The third kappa shape index (κ3) is 2.26. The van der Waals surface area contributed by atoms with Gasteiger partial charge in [-0.25, -0.2) is 0 Å². The van der Waals surface area contributed by atoms with E-state index in [9.17, 15) is 0 Å². The summed E-state index contributed by atoms with van der Waals surface area (Å²) in [4.78, 5) is 0. The Kier molecular flexibility index (Phi) is 3.06. The van der Waals surface area contributed by atoms with E-state index in [0.29, 0.717) is 10.0 Å². The van der Waals surface area contributed by atoms with Crippen LogP contribution < -0.4 is 0 Å². The molecule has 0 saturated heterocycles. The fourth-order valence-electron chi connectivity index (χ4n) is 0.824. The van der Waals surface area contributed by atoms with Gasteiger partial charge in [0.2, 0.25) is 0 Å². The second-order valence-electron chi connectivity index (χ2n) is 2.28. The molecule has 1 rings (SSSR count). The van der Waals surface area contributed by atoms with Gasteiger partial charge in [0.05, 0.1) is 5.38 Å². The van der Waals surface area contributed by atoms with Crippen LogP contribution in [0.25, 0.3) is 0 Å². The van der Waals surface area contributed by atoms with Crippen molar-refractivity contribution >= 4 is 34.8 Å². The number of hydrogen-bond acceptors (Lipinski definition) is 0. The Balaban J connectivity index is 3.09. The van der Waals surface area contributed by atoms with Crippen LogP contribution in [0.15, 0.2) is 18.2 Å². The molecule has 0 aromatic heterocycles. The van der Waals surface area contributed by atoms with E-state index in [0.717, 1.165) is 5.56 Å². The first-order valence-corrected chi connectivity index (χ1v) is 4.39. The molecule has 0 aliphatic rings. The molecule has 3 heteroatoms. The third-order valence-corrected chi connectivity index (χ3v) is 2.19. The van der Waals surface area contributed by atoms with Gasteiger partial charge in [0.1, 0.15) is 0 Å². The van der Waals surface area contributed by atoms with Crippen LogP contribution in [0, 0.1) is 0 Å². The summed E-state index contributed by atoms with van der Waals surface area (Å²) in [5, 5.41) is 1.19. The molecule has 0 nitrogen and oxygen atoms in total. The molecular weight excluding hydrogens is 202 g/mol. The van der Waals surface area contributed by atoms with Gasteiger partial charge in [0.15, 0.2) is 0 Å². The Morgan fingerprint density at radius 3 is 2.36 bits per heavy atom. The molecule has 0 saturated carbocycles. The molecule has 0 spiro atoms. The van der Waals surface area contributed by atoms with Crippen LogP contribution in [0.1, 0.15) is 17.9 Å². The van der Waals surface area contributed by atoms with Gasteiger partial charge in [-0.3, -0.25) is 0 Å². The summed E-state index contributed by atoms with van der Waals surface area (Å²) in [6.45, 7) is 1.87. The lowest BCUT2D eigenvalue weighted by atomic mass is 10.2. The van der Waals surface area contributed by atoms with Gasteiger partial charge in [0, 0.05) is 10.0 Å². The maximum absolute atomic E-state index is 5.86. The summed E-state index contributed by atoms with van der Waals surface area (Å²) >= 11 is 17.4. The number of alkyl halides is 1. The van der Waals surface area contributed by atoms with E-state index in [-0.39, 0.29) is 5.38 Å². The van der Waals surface area contributed by atoms with Gasteiger partial charge in [-0.15, -0.1) is 11.6 Å². The average molecular weight is 210 g/mol. The molecule has 0 aliphatic heterocycles. The highest BCUT2D eigenvalue weighted by Gasteiger charge is 2.05. The first-order valence-electron chi connectivity index (χ1n) is 3.20. The SMILES string of the molecule is C[C@H](Cl)c1ccc(Cl)cc1Cl. The summed E-state index contributed by atoms with van der Waals surface area (Å²) in [7, 11) is 0. The number of halogens is 3. The van der Waals surface area contributed by atoms with E-state index in [1.165, 1.54) is 0 Å². The van der Waals surface area contributed by atoms with Gasteiger partial charge >= 0.3 is 0 Å². The smallest absolute Gasteiger partial charge is 0.0571 e. The van der Waals surface area contributed by atoms with Crippen molar-refractivity contribution in [2.45, 2.75) is 12.3 Å². The van der Waals surface area contributed by atoms with Crippen molar-refractivity contribution in [3.63, 3.8) is 0 Å². The summed E-state index contributed by atoms with van der Waals surface area (Å²) in [6.07, 6.45) is 0. The minimum absolute atomic E-state index is 0.0697. The van der Waals surface area contributed by atoms with E-state index in [2.05, 4.69) is 0 Å². The first-order chi connectivity index (χ1) is 5.11. The highest BCUT2D eigenvalue weighted by molar-refractivity contribution is 6.35. The molecule has 0 amide bonds. The number of benzene rings is 1. The van der Waals surface area contributed by atoms with Gasteiger partial charge in [-0.2, -0.15) is 0 Å². The maximum atomic E-state index is 5.86. The molecule has 0 radical (unpaired) electrons. The zero-order valence-electron chi connectivity index (χ0n) is 5.94. The quantitative estimate of drug-likeness (QED) is 0.605. The van der Waals surface area contributed by atoms with Crippen molar-refractivity contribution in [2.24, 2.45) is 0 Å². The van der Waals surface area contributed by atoms with Gasteiger partial charge in [0.25, 0.3) is 0 Å². The average Bonchev–Trinajstić information content (AvgIpc) is 1.85. The highest BCUT2D eigenvalue weighted by Crippen LogP contribution is 2.29. The first kappa shape index (κ1) is 9.18. The van der Waals surface area contributed by atoms with E-state index < -0.39 is 0 Å². The van der Waals surface area contributed by atoms with Crippen LogP contribution in [0.5, 0.6) is 0 Å². The van der Waals surface area contributed by atoms with Crippen LogP contribution in [-0.2, 0) is 0 Å². The lowest BCUT2D eigenvalue weighted by Crippen LogP contribution is -1.84. The second kappa shape index (κ2) is 3.66. The molecule has 1 aromatic rings. The third-order valence-electron chi connectivity index (χ3n) is 1.39. The largest absolute Gasteiger partial charge is 0.118 e. The van der Waals surface area contributed by atoms with Crippen LogP contribution >= 0.6 is 34.8 Å². The van der Waals surface area contributed by atoms with Crippen molar-refractivity contribution in [3.8, 4) is 0 Å². The summed E-state index contributed by atoms with van der Waals surface area (Å²) < 4.78 is 0. The van der Waals surface area contributed by atoms with Crippen molar-refractivity contribution in [1.29, 1.82) is 0 Å². The number of hydrogen-bond donors (Lipinski definition) is 0. The molecule has 11 heavy (non-hydrogen) atoms. The Morgan fingerprint density at radius 1 is 1.27 bits per heavy atom. The van der Waals surface area contributed by atoms with Crippen LogP contribution in [0.4, 0.5) is 0 Å². The minimum Gasteiger partial charge on any atom is -0.118 e. The highest BCUT2D eigenvalue weighted by atomic mass is 35.5. The summed E-state index contributed by atoms with van der Waals surface area (Å²) in [6, 6.07) is 5.31. The molecule has 0 N–H and O–H groups in total. The van der Waals surface area contributed by atoms with E-state index in [4.69, 9.17) is 34.8 Å². The van der Waals surface area contributed by atoms with Crippen molar-refractivity contribution in [1.82, 2.24) is 0 Å². The lowest BCUT2D eigenvalue weighted by Gasteiger charge is -2.05. The van der Waals surface area contributed by atoms with Crippen molar-refractivity contribution in [2.75, 3.05) is 0 Å². The van der Waals surface area contributed by atoms with E-state index in [1.54, 1.807) is 12.1 Å². The standard InChI is InChI=1S/C8H7Cl3/c1-5(9)7-3-2-6(10)4-8(7)11/h2-5H,1H3/t5-/m0/s1. The zero-order valence-corrected chi connectivity index (χ0v) is 8.21. The van der Waals surface area contributed by atoms with Gasteiger partial charge in [-0.05, 0) is 24.6 Å². The number of rotatable bonds is 1. The second-order valence-corrected chi connectivity index (χ2v) is 3.78. The molecule has 0 fully saturated rings. The molecule has 0 bridgehead atoms. The topological polar surface area (TPSA) is 0 Å². The predicted molar refractivity (Wildman–Crippen MR) is 50.7 cm³/mol. The molecule has 60 valence electrons. The Bertz CT molecular complexity index is 256. The van der Waals surface area contributed by atoms with Gasteiger partial charge in [-0.1, -0.05) is 29.3 Å². The Morgan fingerprint density at radius 2 is 1.91 bits per heavy atom. The van der Waals surface area contributed by atoms with Crippen LogP contribution in [-0.4, -0.2) is 0 Å².